The Labute approximate surface area is 155 Å². The second kappa shape index (κ2) is 9.03. The first-order valence-electron chi connectivity index (χ1n) is 7.78. The van der Waals surface area contributed by atoms with E-state index < -0.39 is 0 Å². The molecule has 0 unspecified atom stereocenters. The van der Waals surface area contributed by atoms with Crippen molar-refractivity contribution in [2.45, 2.75) is 6.92 Å². The highest BCUT2D eigenvalue weighted by Gasteiger charge is 2.17. The zero-order valence-corrected chi connectivity index (χ0v) is 15.4. The summed E-state index contributed by atoms with van der Waals surface area (Å²) in [6.07, 6.45) is 1.59. The molecule has 2 amide bonds. The summed E-state index contributed by atoms with van der Waals surface area (Å²) in [6.45, 7) is 6.21. The quantitative estimate of drug-likeness (QED) is 0.687. The van der Waals surface area contributed by atoms with Gasteiger partial charge in [-0.2, -0.15) is 0 Å². The van der Waals surface area contributed by atoms with Gasteiger partial charge in [-0.15, -0.1) is 6.58 Å². The maximum atomic E-state index is 12.7. The molecular formula is C19H19BrN2O3. The molecular weight excluding hydrogens is 384 g/mol. The summed E-state index contributed by atoms with van der Waals surface area (Å²) in [4.78, 5) is 24.9. The first-order valence-corrected chi connectivity index (χ1v) is 8.58. The Balaban J connectivity index is 2.28. The van der Waals surface area contributed by atoms with E-state index in [9.17, 15) is 9.59 Å². The molecule has 0 spiro atoms. The van der Waals surface area contributed by atoms with Crippen LogP contribution >= 0.6 is 15.9 Å². The van der Waals surface area contributed by atoms with Crippen molar-refractivity contribution >= 4 is 33.4 Å². The van der Waals surface area contributed by atoms with Crippen LogP contribution in [0.15, 0.2) is 59.6 Å². The Bertz CT molecular complexity index is 790. The Hall–Kier alpha value is -2.60. The lowest BCUT2D eigenvalue weighted by atomic mass is 10.1. The van der Waals surface area contributed by atoms with Gasteiger partial charge in [0.15, 0.2) is 0 Å². The van der Waals surface area contributed by atoms with Crippen LogP contribution in [0.4, 0.5) is 5.69 Å². The van der Waals surface area contributed by atoms with Gasteiger partial charge in [0, 0.05) is 11.0 Å². The van der Waals surface area contributed by atoms with E-state index in [0.29, 0.717) is 35.7 Å². The maximum Gasteiger partial charge on any atom is 0.259 e. The fourth-order valence-electron chi connectivity index (χ4n) is 2.20. The van der Waals surface area contributed by atoms with Gasteiger partial charge in [0.05, 0.1) is 23.4 Å². The van der Waals surface area contributed by atoms with Gasteiger partial charge in [-0.3, -0.25) is 9.59 Å². The average Bonchev–Trinajstić information content (AvgIpc) is 2.61. The first-order chi connectivity index (χ1) is 12.1. The van der Waals surface area contributed by atoms with E-state index in [1.807, 2.05) is 6.92 Å². The summed E-state index contributed by atoms with van der Waals surface area (Å²) in [5, 5.41) is 5.49. The van der Waals surface area contributed by atoms with Crippen LogP contribution in [0.1, 0.15) is 27.6 Å². The van der Waals surface area contributed by atoms with E-state index in [2.05, 4.69) is 33.1 Å². The van der Waals surface area contributed by atoms with Crippen molar-refractivity contribution in [2.75, 3.05) is 18.5 Å². The molecule has 2 aromatic carbocycles. The Morgan fingerprint density at radius 3 is 2.64 bits per heavy atom. The molecule has 0 aliphatic rings. The summed E-state index contributed by atoms with van der Waals surface area (Å²) in [6, 6.07) is 12.0. The number of hydrogen-bond donors (Lipinski definition) is 2. The number of benzene rings is 2. The number of amides is 2. The lowest BCUT2D eigenvalue weighted by Crippen LogP contribution is -2.25. The van der Waals surface area contributed by atoms with Crippen molar-refractivity contribution in [3.63, 3.8) is 0 Å². The molecule has 0 fully saturated rings. The van der Waals surface area contributed by atoms with E-state index in [-0.39, 0.29) is 11.8 Å². The standard InChI is InChI=1S/C19H19BrN2O3/c1-3-11-21-18(23)14-7-5-6-8-16(14)22-19(24)15-12-13(20)9-10-17(15)25-4-2/h3,5-10,12H,1,4,11H2,2H3,(H,21,23)(H,22,24). The van der Waals surface area contributed by atoms with Gasteiger partial charge in [0.25, 0.3) is 11.8 Å². The Kier molecular flexibility index (Phi) is 6.77. The minimum Gasteiger partial charge on any atom is -0.493 e. The molecule has 0 aromatic heterocycles. The molecule has 0 heterocycles. The molecule has 0 saturated carbocycles. The average molecular weight is 403 g/mol. The van der Waals surface area contributed by atoms with Crippen molar-refractivity contribution in [2.24, 2.45) is 0 Å². The van der Waals surface area contributed by atoms with Crippen LogP contribution in [0.25, 0.3) is 0 Å². The predicted octanol–water partition coefficient (Wildman–Crippen LogP) is 4.02. The smallest absolute Gasteiger partial charge is 0.259 e. The second-order valence-electron chi connectivity index (χ2n) is 5.07. The lowest BCUT2D eigenvalue weighted by Gasteiger charge is -2.13. The fraction of sp³-hybridized carbons (Fsp3) is 0.158. The van der Waals surface area contributed by atoms with Crippen molar-refractivity contribution in [1.29, 1.82) is 0 Å². The molecule has 2 aromatic rings. The van der Waals surface area contributed by atoms with Crippen molar-refractivity contribution in [3.05, 3.63) is 70.7 Å². The number of para-hydroxylation sites is 1. The highest BCUT2D eigenvalue weighted by atomic mass is 79.9. The monoisotopic (exact) mass is 402 g/mol. The van der Waals surface area contributed by atoms with E-state index in [0.717, 1.165) is 4.47 Å². The van der Waals surface area contributed by atoms with Gasteiger partial charge in [-0.25, -0.2) is 0 Å². The van der Waals surface area contributed by atoms with E-state index in [4.69, 9.17) is 4.74 Å². The zero-order chi connectivity index (χ0) is 18.2. The summed E-state index contributed by atoms with van der Waals surface area (Å²) in [5.41, 5.74) is 1.19. The second-order valence-corrected chi connectivity index (χ2v) is 5.99. The highest BCUT2D eigenvalue weighted by molar-refractivity contribution is 9.10. The van der Waals surface area contributed by atoms with Gasteiger partial charge in [0.2, 0.25) is 0 Å². The minimum absolute atomic E-state index is 0.282. The summed E-state index contributed by atoms with van der Waals surface area (Å²) in [7, 11) is 0. The molecule has 25 heavy (non-hydrogen) atoms. The van der Waals surface area contributed by atoms with E-state index in [1.165, 1.54) is 0 Å². The number of ether oxygens (including phenoxy) is 1. The molecule has 6 heteroatoms. The third kappa shape index (κ3) is 4.93. The molecule has 5 nitrogen and oxygen atoms in total. The Morgan fingerprint density at radius 1 is 1.16 bits per heavy atom. The fourth-order valence-corrected chi connectivity index (χ4v) is 2.56. The summed E-state index contributed by atoms with van der Waals surface area (Å²) < 4.78 is 6.27. The number of carbonyl (C=O) groups excluding carboxylic acids is 2. The van der Waals surface area contributed by atoms with Crippen LogP contribution in [0, 0.1) is 0 Å². The third-order valence-corrected chi connectivity index (χ3v) is 3.81. The van der Waals surface area contributed by atoms with Crippen LogP contribution in [0.5, 0.6) is 5.75 Å². The molecule has 0 bridgehead atoms. The number of anilines is 1. The van der Waals surface area contributed by atoms with Gasteiger partial charge in [0.1, 0.15) is 5.75 Å². The maximum absolute atomic E-state index is 12.7. The van der Waals surface area contributed by atoms with E-state index >= 15 is 0 Å². The van der Waals surface area contributed by atoms with Crippen LogP contribution in [0.3, 0.4) is 0 Å². The molecule has 0 radical (unpaired) electrons. The van der Waals surface area contributed by atoms with E-state index in [1.54, 1.807) is 48.5 Å². The Morgan fingerprint density at radius 2 is 1.92 bits per heavy atom. The predicted molar refractivity (Wildman–Crippen MR) is 102 cm³/mol. The van der Waals surface area contributed by atoms with Gasteiger partial charge in [-0.1, -0.05) is 34.1 Å². The molecule has 2 N–H and O–H groups in total. The SMILES string of the molecule is C=CCNC(=O)c1ccccc1NC(=O)c1cc(Br)ccc1OCC. The van der Waals surface area contributed by atoms with Gasteiger partial charge < -0.3 is 15.4 Å². The lowest BCUT2D eigenvalue weighted by molar-refractivity contribution is 0.0959. The van der Waals surface area contributed by atoms with Crippen molar-refractivity contribution in [3.8, 4) is 5.75 Å². The van der Waals surface area contributed by atoms with Crippen molar-refractivity contribution in [1.82, 2.24) is 5.32 Å². The van der Waals surface area contributed by atoms with Crippen molar-refractivity contribution < 1.29 is 14.3 Å². The molecule has 0 atom stereocenters. The molecule has 0 aliphatic carbocycles. The van der Waals surface area contributed by atoms with Crippen LogP contribution in [-0.4, -0.2) is 25.0 Å². The van der Waals surface area contributed by atoms with Gasteiger partial charge >= 0.3 is 0 Å². The third-order valence-electron chi connectivity index (χ3n) is 3.31. The highest BCUT2D eigenvalue weighted by Crippen LogP contribution is 2.25. The van der Waals surface area contributed by atoms with Gasteiger partial charge in [-0.05, 0) is 37.3 Å². The number of rotatable bonds is 7. The number of halogens is 1. The normalized spacial score (nSPS) is 10.0. The molecule has 2 rings (SSSR count). The van der Waals surface area contributed by atoms with Crippen LogP contribution < -0.4 is 15.4 Å². The zero-order valence-electron chi connectivity index (χ0n) is 13.8. The molecule has 0 aliphatic heterocycles. The number of nitrogens with one attached hydrogen (secondary N) is 2. The summed E-state index contributed by atoms with van der Waals surface area (Å²) in [5.74, 6) is -0.152. The minimum atomic E-state index is -0.353. The summed E-state index contributed by atoms with van der Waals surface area (Å²) >= 11 is 3.36. The van der Waals surface area contributed by atoms with Crippen LogP contribution in [-0.2, 0) is 0 Å². The molecule has 130 valence electrons. The molecule has 0 saturated heterocycles. The largest absolute Gasteiger partial charge is 0.493 e. The first kappa shape index (κ1) is 18.7. The van der Waals surface area contributed by atoms with Crippen LogP contribution in [0.2, 0.25) is 0 Å². The topological polar surface area (TPSA) is 67.4 Å². The number of hydrogen-bond acceptors (Lipinski definition) is 3. The number of carbonyl (C=O) groups is 2.